The van der Waals surface area contributed by atoms with Crippen LogP contribution < -0.4 is 4.90 Å². The second kappa shape index (κ2) is 5.26. The van der Waals surface area contributed by atoms with E-state index in [-0.39, 0.29) is 17.1 Å². The van der Waals surface area contributed by atoms with Gasteiger partial charge in [-0.15, -0.1) is 0 Å². The Labute approximate surface area is 139 Å². The Morgan fingerprint density at radius 2 is 1.79 bits per heavy atom. The molecule has 2 saturated heterocycles. The summed E-state index contributed by atoms with van der Waals surface area (Å²) in [6, 6.07) is 5.85. The van der Waals surface area contributed by atoms with E-state index in [9.17, 15) is 18.4 Å². The lowest BCUT2D eigenvalue weighted by Crippen LogP contribution is -2.50. The van der Waals surface area contributed by atoms with Crippen molar-refractivity contribution in [2.45, 2.75) is 37.8 Å². The van der Waals surface area contributed by atoms with Crippen molar-refractivity contribution < 1.29 is 18.4 Å². The van der Waals surface area contributed by atoms with Gasteiger partial charge in [-0.2, -0.15) is 0 Å². The molecular formula is C18H20F2N2O2. The number of halogens is 2. The summed E-state index contributed by atoms with van der Waals surface area (Å²) in [7, 11) is 0. The summed E-state index contributed by atoms with van der Waals surface area (Å²) in [5, 5.41) is 0. The minimum absolute atomic E-state index is 0.0190. The van der Waals surface area contributed by atoms with Gasteiger partial charge in [0.25, 0.3) is 5.91 Å². The number of anilines is 1. The fourth-order valence-electron chi connectivity index (χ4n) is 4.12. The number of alkyl halides is 1. The fourth-order valence-corrected chi connectivity index (χ4v) is 4.12. The normalized spacial score (nSPS) is 28.5. The Balaban J connectivity index is 1.48. The van der Waals surface area contributed by atoms with E-state index in [1.54, 1.807) is 21.9 Å². The number of hydrogen-bond donors (Lipinski definition) is 0. The molecule has 0 radical (unpaired) electrons. The second-order valence-corrected chi connectivity index (χ2v) is 7.43. The molecule has 3 aliphatic rings. The molecule has 4 rings (SSSR count). The number of benzene rings is 1. The van der Waals surface area contributed by atoms with Gasteiger partial charge >= 0.3 is 0 Å². The van der Waals surface area contributed by atoms with Crippen molar-refractivity contribution in [3.05, 3.63) is 30.1 Å². The average molecular weight is 334 g/mol. The number of carbonyl (C=O) groups is 2. The third-order valence-corrected chi connectivity index (χ3v) is 5.71. The average Bonchev–Trinajstić information content (AvgIpc) is 3.09. The van der Waals surface area contributed by atoms with Crippen molar-refractivity contribution >= 4 is 17.5 Å². The Morgan fingerprint density at radius 1 is 1.08 bits per heavy atom. The summed E-state index contributed by atoms with van der Waals surface area (Å²) < 4.78 is 27.5. The van der Waals surface area contributed by atoms with Crippen LogP contribution in [0, 0.1) is 11.2 Å². The maximum absolute atomic E-state index is 14.4. The monoisotopic (exact) mass is 334 g/mol. The molecule has 1 aliphatic carbocycles. The molecule has 1 unspecified atom stereocenters. The molecule has 1 aromatic rings. The van der Waals surface area contributed by atoms with Crippen LogP contribution in [0.3, 0.4) is 0 Å². The summed E-state index contributed by atoms with van der Waals surface area (Å²) in [5.41, 5.74) is -1.31. The van der Waals surface area contributed by atoms with E-state index in [2.05, 4.69) is 0 Å². The Hall–Kier alpha value is -1.98. The molecule has 4 nitrogen and oxygen atoms in total. The Morgan fingerprint density at radius 3 is 2.42 bits per heavy atom. The summed E-state index contributed by atoms with van der Waals surface area (Å²) in [6.45, 7) is 1.44. The van der Waals surface area contributed by atoms with Crippen molar-refractivity contribution in [1.82, 2.24) is 4.90 Å². The lowest BCUT2D eigenvalue weighted by molar-refractivity contribution is -0.149. The predicted molar refractivity (Wildman–Crippen MR) is 84.7 cm³/mol. The molecule has 2 amide bonds. The van der Waals surface area contributed by atoms with Crippen LogP contribution >= 0.6 is 0 Å². The summed E-state index contributed by atoms with van der Waals surface area (Å²) in [5.74, 6) is -0.765. The first-order chi connectivity index (χ1) is 11.4. The van der Waals surface area contributed by atoms with E-state index < -0.39 is 11.6 Å². The topological polar surface area (TPSA) is 40.6 Å². The number of amides is 2. The molecule has 3 fully saturated rings. The zero-order valence-electron chi connectivity index (χ0n) is 13.4. The van der Waals surface area contributed by atoms with Gasteiger partial charge in [-0.3, -0.25) is 9.59 Å². The molecule has 24 heavy (non-hydrogen) atoms. The van der Waals surface area contributed by atoms with Crippen LogP contribution in [0.5, 0.6) is 0 Å². The quantitative estimate of drug-likeness (QED) is 0.834. The van der Waals surface area contributed by atoms with E-state index in [0.29, 0.717) is 51.0 Å². The SMILES string of the molecule is O=C1CC2(CCN(C(=O)C3(F)CCC3)C2)CN1c1ccc(F)cc1. The minimum atomic E-state index is -1.68. The molecular weight excluding hydrogens is 314 g/mol. The van der Waals surface area contributed by atoms with Crippen molar-refractivity contribution in [3.63, 3.8) is 0 Å². The number of hydrogen-bond acceptors (Lipinski definition) is 2. The largest absolute Gasteiger partial charge is 0.339 e. The highest BCUT2D eigenvalue weighted by atomic mass is 19.1. The molecule has 1 aromatic carbocycles. The molecule has 1 saturated carbocycles. The van der Waals surface area contributed by atoms with Gasteiger partial charge in [0.1, 0.15) is 5.82 Å². The smallest absolute Gasteiger partial charge is 0.260 e. The zero-order chi connectivity index (χ0) is 16.9. The summed E-state index contributed by atoms with van der Waals surface area (Å²) in [6.07, 6.45) is 2.45. The van der Waals surface area contributed by atoms with Crippen molar-refractivity contribution in [2.75, 3.05) is 24.5 Å². The molecule has 1 spiro atoms. The zero-order valence-corrected chi connectivity index (χ0v) is 13.4. The van der Waals surface area contributed by atoms with Gasteiger partial charge in [0.05, 0.1) is 0 Å². The minimum Gasteiger partial charge on any atom is -0.339 e. The lowest BCUT2D eigenvalue weighted by atomic mass is 9.81. The van der Waals surface area contributed by atoms with E-state index >= 15 is 0 Å². The van der Waals surface area contributed by atoms with Gasteiger partial charge in [0.15, 0.2) is 5.67 Å². The molecule has 6 heteroatoms. The summed E-state index contributed by atoms with van der Waals surface area (Å²) >= 11 is 0. The number of nitrogens with zero attached hydrogens (tertiary/aromatic N) is 2. The molecule has 1 atom stereocenters. The fraction of sp³-hybridized carbons (Fsp3) is 0.556. The lowest BCUT2D eigenvalue weighted by Gasteiger charge is -2.36. The van der Waals surface area contributed by atoms with E-state index in [1.807, 2.05) is 0 Å². The van der Waals surface area contributed by atoms with Crippen molar-refractivity contribution in [1.29, 1.82) is 0 Å². The molecule has 0 bridgehead atoms. The molecule has 2 aliphatic heterocycles. The standard InChI is InChI=1S/C18H20F2N2O2/c19-13-2-4-14(5-3-13)22-12-17(10-15(22)23)8-9-21(11-17)16(24)18(20)6-1-7-18/h2-5H,1,6-12H2. The first-order valence-corrected chi connectivity index (χ1v) is 8.45. The summed E-state index contributed by atoms with van der Waals surface area (Å²) in [4.78, 5) is 28.0. The van der Waals surface area contributed by atoms with E-state index in [0.717, 1.165) is 6.42 Å². The van der Waals surface area contributed by atoms with Crippen LogP contribution in [0.4, 0.5) is 14.5 Å². The number of likely N-dealkylation sites (tertiary alicyclic amines) is 1. The number of carbonyl (C=O) groups excluding carboxylic acids is 2. The highest BCUT2D eigenvalue weighted by Crippen LogP contribution is 2.44. The first-order valence-electron chi connectivity index (χ1n) is 8.45. The predicted octanol–water partition coefficient (Wildman–Crippen LogP) is 2.67. The highest BCUT2D eigenvalue weighted by molar-refractivity contribution is 5.96. The van der Waals surface area contributed by atoms with Crippen LogP contribution in [-0.2, 0) is 9.59 Å². The molecule has 2 heterocycles. The Kier molecular flexibility index (Phi) is 3.41. The van der Waals surface area contributed by atoms with E-state index in [1.165, 1.54) is 12.1 Å². The van der Waals surface area contributed by atoms with Crippen molar-refractivity contribution in [2.24, 2.45) is 5.41 Å². The van der Waals surface area contributed by atoms with Gasteiger partial charge in [-0.25, -0.2) is 8.78 Å². The molecule has 0 N–H and O–H groups in total. The van der Waals surface area contributed by atoms with Gasteiger partial charge in [0, 0.05) is 37.2 Å². The van der Waals surface area contributed by atoms with Crippen LogP contribution in [0.1, 0.15) is 32.1 Å². The second-order valence-electron chi connectivity index (χ2n) is 7.43. The van der Waals surface area contributed by atoms with E-state index in [4.69, 9.17) is 0 Å². The molecule has 0 aromatic heterocycles. The maximum atomic E-state index is 14.4. The molecule has 128 valence electrons. The van der Waals surface area contributed by atoms with Gasteiger partial charge < -0.3 is 9.80 Å². The van der Waals surface area contributed by atoms with Crippen LogP contribution in [-0.4, -0.2) is 42.0 Å². The van der Waals surface area contributed by atoms with Crippen LogP contribution in [0.25, 0.3) is 0 Å². The van der Waals surface area contributed by atoms with Gasteiger partial charge in [0.2, 0.25) is 5.91 Å². The van der Waals surface area contributed by atoms with Crippen LogP contribution in [0.15, 0.2) is 24.3 Å². The third kappa shape index (κ3) is 2.39. The van der Waals surface area contributed by atoms with Gasteiger partial charge in [-0.1, -0.05) is 0 Å². The number of rotatable bonds is 2. The van der Waals surface area contributed by atoms with Crippen LogP contribution in [0.2, 0.25) is 0 Å². The third-order valence-electron chi connectivity index (χ3n) is 5.71. The van der Waals surface area contributed by atoms with Crippen molar-refractivity contribution in [3.8, 4) is 0 Å². The maximum Gasteiger partial charge on any atom is 0.260 e. The van der Waals surface area contributed by atoms with Gasteiger partial charge in [-0.05, 0) is 49.9 Å². The highest BCUT2D eigenvalue weighted by Gasteiger charge is 2.53. The Bertz CT molecular complexity index is 687. The first kappa shape index (κ1) is 15.5.